The van der Waals surface area contributed by atoms with Gasteiger partial charge in [-0.3, -0.25) is 4.79 Å². The number of amides is 1. The molecular formula is C13H17NO. The lowest BCUT2D eigenvalue weighted by Gasteiger charge is -2.20. The minimum Gasteiger partial charge on any atom is -0.313 e. The van der Waals surface area contributed by atoms with Gasteiger partial charge in [0.05, 0.1) is 0 Å². The molecule has 15 heavy (non-hydrogen) atoms. The van der Waals surface area contributed by atoms with Crippen LogP contribution in [0.4, 0.5) is 5.69 Å². The quantitative estimate of drug-likeness (QED) is 0.736. The maximum absolute atomic E-state index is 11.6. The van der Waals surface area contributed by atoms with Crippen LogP contribution in [0.15, 0.2) is 30.8 Å². The van der Waals surface area contributed by atoms with Crippen molar-refractivity contribution in [1.29, 1.82) is 0 Å². The molecule has 1 aromatic carbocycles. The lowest BCUT2D eigenvalue weighted by atomic mass is 10.2. The molecule has 0 bridgehead atoms. The molecule has 2 heteroatoms. The molecule has 0 heterocycles. The number of anilines is 1. The topological polar surface area (TPSA) is 20.3 Å². The van der Waals surface area contributed by atoms with Gasteiger partial charge in [-0.05, 0) is 24.6 Å². The Morgan fingerprint density at radius 3 is 2.33 bits per heavy atom. The summed E-state index contributed by atoms with van der Waals surface area (Å²) < 4.78 is 0. The number of benzene rings is 1. The van der Waals surface area contributed by atoms with Crippen molar-refractivity contribution < 1.29 is 4.79 Å². The molecule has 0 fully saturated rings. The summed E-state index contributed by atoms with van der Waals surface area (Å²) in [5, 5.41) is 0. The van der Waals surface area contributed by atoms with Gasteiger partial charge in [0.15, 0.2) is 0 Å². The first-order valence-electron chi connectivity index (χ1n) is 5.25. The first-order valence-corrected chi connectivity index (χ1v) is 5.25. The third-order valence-corrected chi connectivity index (χ3v) is 2.36. The molecule has 1 amide bonds. The summed E-state index contributed by atoms with van der Waals surface area (Å²) in [5.41, 5.74) is 2.02. The van der Waals surface area contributed by atoms with Gasteiger partial charge in [-0.2, -0.15) is 0 Å². The van der Waals surface area contributed by atoms with Crippen molar-refractivity contribution >= 4 is 17.7 Å². The van der Waals surface area contributed by atoms with Crippen LogP contribution in [0.2, 0.25) is 0 Å². The highest BCUT2D eigenvalue weighted by Gasteiger charge is 2.10. The third kappa shape index (κ3) is 2.69. The molecule has 0 aliphatic rings. The van der Waals surface area contributed by atoms with E-state index in [0.717, 1.165) is 11.3 Å². The minimum atomic E-state index is 0.156. The van der Waals surface area contributed by atoms with Crippen LogP contribution in [-0.4, -0.2) is 12.5 Å². The second-order valence-corrected chi connectivity index (χ2v) is 3.29. The molecule has 0 N–H and O–H groups in total. The van der Waals surface area contributed by atoms with Crippen LogP contribution in [0, 0.1) is 0 Å². The molecule has 0 aliphatic heterocycles. The Kier molecular flexibility index (Phi) is 4.10. The standard InChI is InChI=1S/C13H17NO/c1-4-11-7-9-12(10-8-11)14(6-3)13(15)5-2/h4,7-10H,1,5-6H2,2-3H3. The van der Waals surface area contributed by atoms with Gasteiger partial charge in [0.2, 0.25) is 5.91 Å². The van der Waals surface area contributed by atoms with Crippen LogP contribution < -0.4 is 4.90 Å². The van der Waals surface area contributed by atoms with Crippen LogP contribution in [0.5, 0.6) is 0 Å². The van der Waals surface area contributed by atoms with Gasteiger partial charge in [-0.1, -0.05) is 31.7 Å². The lowest BCUT2D eigenvalue weighted by Crippen LogP contribution is -2.29. The van der Waals surface area contributed by atoms with Gasteiger partial charge in [0.25, 0.3) is 0 Å². The summed E-state index contributed by atoms with van der Waals surface area (Å²) in [7, 11) is 0. The predicted molar refractivity (Wildman–Crippen MR) is 64.9 cm³/mol. The van der Waals surface area contributed by atoms with E-state index < -0.39 is 0 Å². The maximum Gasteiger partial charge on any atom is 0.226 e. The van der Waals surface area contributed by atoms with Crippen LogP contribution in [-0.2, 0) is 4.79 Å². The summed E-state index contributed by atoms with van der Waals surface area (Å²) >= 11 is 0. The molecule has 1 rings (SSSR count). The summed E-state index contributed by atoms with van der Waals surface area (Å²) in [5.74, 6) is 0.156. The van der Waals surface area contributed by atoms with Gasteiger partial charge in [0.1, 0.15) is 0 Å². The summed E-state index contributed by atoms with van der Waals surface area (Å²) in [6.45, 7) is 8.26. The SMILES string of the molecule is C=Cc1ccc(N(CC)C(=O)CC)cc1. The fourth-order valence-corrected chi connectivity index (χ4v) is 1.48. The van der Waals surface area contributed by atoms with Crippen molar-refractivity contribution in [2.75, 3.05) is 11.4 Å². The van der Waals surface area contributed by atoms with Crippen molar-refractivity contribution in [3.8, 4) is 0 Å². The molecular weight excluding hydrogens is 186 g/mol. The van der Waals surface area contributed by atoms with Gasteiger partial charge in [-0.25, -0.2) is 0 Å². The number of hydrogen-bond donors (Lipinski definition) is 0. The van der Waals surface area contributed by atoms with Crippen LogP contribution in [0.3, 0.4) is 0 Å². The van der Waals surface area contributed by atoms with Crippen LogP contribution in [0.25, 0.3) is 6.08 Å². The highest BCUT2D eigenvalue weighted by Crippen LogP contribution is 2.16. The molecule has 80 valence electrons. The highest BCUT2D eigenvalue weighted by atomic mass is 16.2. The fourth-order valence-electron chi connectivity index (χ4n) is 1.48. The molecule has 0 saturated heterocycles. The molecule has 0 spiro atoms. The van der Waals surface area contributed by atoms with Crippen molar-refractivity contribution in [3.05, 3.63) is 36.4 Å². The summed E-state index contributed by atoms with van der Waals surface area (Å²) in [4.78, 5) is 13.4. The first kappa shape index (κ1) is 11.5. The van der Waals surface area contributed by atoms with Crippen molar-refractivity contribution in [2.24, 2.45) is 0 Å². The zero-order valence-electron chi connectivity index (χ0n) is 9.36. The Bertz CT molecular complexity index is 340. The maximum atomic E-state index is 11.6. The Morgan fingerprint density at radius 1 is 1.33 bits per heavy atom. The zero-order valence-corrected chi connectivity index (χ0v) is 9.36. The number of nitrogens with zero attached hydrogens (tertiary/aromatic N) is 1. The monoisotopic (exact) mass is 203 g/mol. The smallest absolute Gasteiger partial charge is 0.226 e. The van der Waals surface area contributed by atoms with E-state index in [9.17, 15) is 4.79 Å². The average molecular weight is 203 g/mol. The first-order chi connectivity index (χ1) is 7.22. The Hall–Kier alpha value is -1.57. The van der Waals surface area contributed by atoms with E-state index in [2.05, 4.69) is 6.58 Å². The molecule has 0 radical (unpaired) electrons. The number of hydrogen-bond acceptors (Lipinski definition) is 1. The van der Waals surface area contributed by atoms with E-state index in [1.807, 2.05) is 38.1 Å². The molecule has 1 aromatic rings. The molecule has 0 saturated carbocycles. The van der Waals surface area contributed by atoms with E-state index in [1.165, 1.54) is 0 Å². The second-order valence-electron chi connectivity index (χ2n) is 3.29. The normalized spacial score (nSPS) is 9.73. The van der Waals surface area contributed by atoms with E-state index >= 15 is 0 Å². The Balaban J connectivity index is 2.92. The number of carbonyl (C=O) groups is 1. The van der Waals surface area contributed by atoms with E-state index in [0.29, 0.717) is 13.0 Å². The van der Waals surface area contributed by atoms with Gasteiger partial charge in [0, 0.05) is 18.7 Å². The van der Waals surface area contributed by atoms with E-state index in [1.54, 1.807) is 11.0 Å². The molecule has 0 aromatic heterocycles. The molecule has 0 unspecified atom stereocenters. The van der Waals surface area contributed by atoms with Crippen molar-refractivity contribution in [1.82, 2.24) is 0 Å². The van der Waals surface area contributed by atoms with Crippen LogP contribution in [0.1, 0.15) is 25.8 Å². The van der Waals surface area contributed by atoms with Crippen molar-refractivity contribution in [2.45, 2.75) is 20.3 Å². The molecule has 0 aliphatic carbocycles. The predicted octanol–water partition coefficient (Wildman–Crippen LogP) is 3.09. The third-order valence-electron chi connectivity index (χ3n) is 2.36. The van der Waals surface area contributed by atoms with E-state index in [4.69, 9.17) is 0 Å². The van der Waals surface area contributed by atoms with Gasteiger partial charge >= 0.3 is 0 Å². The van der Waals surface area contributed by atoms with Gasteiger partial charge in [-0.15, -0.1) is 0 Å². The minimum absolute atomic E-state index is 0.156. The average Bonchev–Trinajstić information content (AvgIpc) is 2.30. The zero-order chi connectivity index (χ0) is 11.3. The van der Waals surface area contributed by atoms with Gasteiger partial charge < -0.3 is 4.90 Å². The lowest BCUT2D eigenvalue weighted by molar-refractivity contribution is -0.118. The highest BCUT2D eigenvalue weighted by molar-refractivity contribution is 5.93. The number of carbonyl (C=O) groups excluding carboxylic acids is 1. The molecule has 0 atom stereocenters. The van der Waals surface area contributed by atoms with E-state index in [-0.39, 0.29) is 5.91 Å². The molecule has 2 nitrogen and oxygen atoms in total. The van der Waals surface area contributed by atoms with Crippen molar-refractivity contribution in [3.63, 3.8) is 0 Å². The second kappa shape index (κ2) is 5.35. The van der Waals surface area contributed by atoms with Crippen LogP contribution >= 0.6 is 0 Å². The Labute approximate surface area is 91.2 Å². The summed E-state index contributed by atoms with van der Waals surface area (Å²) in [6, 6.07) is 7.84. The summed E-state index contributed by atoms with van der Waals surface area (Å²) in [6.07, 6.45) is 2.33. The number of rotatable bonds is 4. The Morgan fingerprint density at radius 2 is 1.93 bits per heavy atom. The largest absolute Gasteiger partial charge is 0.313 e. The fraction of sp³-hybridized carbons (Fsp3) is 0.308.